The van der Waals surface area contributed by atoms with E-state index in [0.717, 1.165) is 0 Å². The topological polar surface area (TPSA) is 129 Å². The van der Waals surface area contributed by atoms with E-state index in [1.165, 1.54) is 26.4 Å². The average Bonchev–Trinajstić information content (AvgIpc) is 2.77. The lowest BCUT2D eigenvalue weighted by atomic mass is 9.92. The molecule has 32 heavy (non-hydrogen) atoms. The molecular formula is C22H23N3O7. The molecule has 0 saturated carbocycles. The summed E-state index contributed by atoms with van der Waals surface area (Å²) in [6, 6.07) is 9.44. The first-order valence-corrected chi connectivity index (χ1v) is 9.74. The highest BCUT2D eigenvalue weighted by atomic mass is 16.6. The Bertz CT molecular complexity index is 1080. The van der Waals surface area contributed by atoms with Crippen molar-refractivity contribution in [2.45, 2.75) is 26.0 Å². The van der Waals surface area contributed by atoms with Gasteiger partial charge in [-0.1, -0.05) is 6.07 Å². The van der Waals surface area contributed by atoms with Crippen LogP contribution in [0.1, 0.15) is 31.0 Å². The van der Waals surface area contributed by atoms with Gasteiger partial charge in [0, 0.05) is 6.07 Å². The van der Waals surface area contributed by atoms with Gasteiger partial charge in [0.1, 0.15) is 5.75 Å². The van der Waals surface area contributed by atoms with Gasteiger partial charge in [-0.05, 0) is 55.3 Å². The van der Waals surface area contributed by atoms with Gasteiger partial charge < -0.3 is 24.8 Å². The number of nitrogens with zero attached hydrogens (tertiary/aromatic N) is 1. The molecule has 10 nitrogen and oxygen atoms in total. The zero-order chi connectivity index (χ0) is 23.4. The van der Waals surface area contributed by atoms with Gasteiger partial charge in [-0.25, -0.2) is 9.59 Å². The molecule has 1 heterocycles. The summed E-state index contributed by atoms with van der Waals surface area (Å²) in [5, 5.41) is 16.8. The number of benzene rings is 2. The lowest BCUT2D eigenvalue weighted by Crippen LogP contribution is -2.45. The van der Waals surface area contributed by atoms with Crippen molar-refractivity contribution in [2.24, 2.45) is 0 Å². The largest absolute Gasteiger partial charge is 0.497 e. The Morgan fingerprint density at radius 3 is 2.34 bits per heavy atom. The van der Waals surface area contributed by atoms with Crippen LogP contribution in [-0.2, 0) is 9.53 Å². The third-order valence-electron chi connectivity index (χ3n) is 4.75. The number of hydrogen-bond donors (Lipinski definition) is 2. The zero-order valence-corrected chi connectivity index (χ0v) is 18.0. The monoisotopic (exact) mass is 441 g/mol. The Morgan fingerprint density at radius 1 is 1.09 bits per heavy atom. The molecule has 0 saturated heterocycles. The molecule has 0 aliphatic carbocycles. The van der Waals surface area contributed by atoms with Crippen LogP contribution >= 0.6 is 0 Å². The SMILES string of the molecule is COc1ccc(C2=C(C(=O)OC(C)C)C(c3ccc(OC)c([N+](=O)[O-])c3)NC(=O)N2)cc1. The minimum atomic E-state index is -0.989. The maximum Gasteiger partial charge on any atom is 0.338 e. The van der Waals surface area contributed by atoms with E-state index in [9.17, 15) is 19.7 Å². The maximum atomic E-state index is 13.1. The summed E-state index contributed by atoms with van der Waals surface area (Å²) in [6.07, 6.45) is -0.421. The fraction of sp³-hybridized carbons (Fsp3) is 0.273. The summed E-state index contributed by atoms with van der Waals surface area (Å²) in [4.78, 5) is 36.5. The van der Waals surface area contributed by atoms with Crippen LogP contribution in [0.25, 0.3) is 5.70 Å². The second-order valence-corrected chi connectivity index (χ2v) is 7.19. The molecule has 10 heteroatoms. The Balaban J connectivity index is 2.20. The molecular weight excluding hydrogens is 418 g/mol. The smallest absolute Gasteiger partial charge is 0.338 e. The van der Waals surface area contributed by atoms with Crippen LogP contribution < -0.4 is 20.1 Å². The number of esters is 1. The molecule has 2 amide bonds. The van der Waals surface area contributed by atoms with Gasteiger partial charge in [0.25, 0.3) is 0 Å². The van der Waals surface area contributed by atoms with Crippen LogP contribution in [0.2, 0.25) is 0 Å². The van der Waals surface area contributed by atoms with Gasteiger partial charge in [0.15, 0.2) is 5.75 Å². The third kappa shape index (κ3) is 4.64. The van der Waals surface area contributed by atoms with Gasteiger partial charge in [-0.2, -0.15) is 0 Å². The van der Waals surface area contributed by atoms with Gasteiger partial charge in [-0.3, -0.25) is 10.1 Å². The molecule has 0 radical (unpaired) electrons. The molecule has 1 unspecified atom stereocenters. The van der Waals surface area contributed by atoms with Gasteiger partial charge in [0.05, 0.1) is 42.6 Å². The average molecular weight is 441 g/mol. The van der Waals surface area contributed by atoms with Crippen LogP contribution in [0, 0.1) is 10.1 Å². The van der Waals surface area contributed by atoms with E-state index >= 15 is 0 Å². The normalized spacial score (nSPS) is 15.7. The maximum absolute atomic E-state index is 13.1. The second kappa shape index (κ2) is 9.38. The van der Waals surface area contributed by atoms with E-state index in [4.69, 9.17) is 14.2 Å². The first-order chi connectivity index (χ1) is 15.2. The van der Waals surface area contributed by atoms with Gasteiger partial charge >= 0.3 is 17.7 Å². The number of methoxy groups -OCH3 is 2. The number of urea groups is 1. The van der Waals surface area contributed by atoms with Crippen molar-refractivity contribution in [3.8, 4) is 11.5 Å². The number of ether oxygens (including phenoxy) is 3. The summed E-state index contributed by atoms with van der Waals surface area (Å²) in [5.74, 6) is -0.00490. The number of amides is 2. The fourth-order valence-electron chi connectivity index (χ4n) is 3.33. The molecule has 2 N–H and O–H groups in total. The van der Waals surface area contributed by atoms with Gasteiger partial charge in [-0.15, -0.1) is 0 Å². The first kappa shape index (κ1) is 22.6. The van der Waals surface area contributed by atoms with Crippen molar-refractivity contribution in [1.82, 2.24) is 10.6 Å². The lowest BCUT2D eigenvalue weighted by molar-refractivity contribution is -0.385. The molecule has 2 aromatic rings. The predicted octanol–water partition coefficient (Wildman–Crippen LogP) is 3.33. The number of carbonyl (C=O) groups excluding carboxylic acids is 2. The molecule has 0 aromatic heterocycles. The summed E-state index contributed by atoms with van der Waals surface area (Å²) >= 11 is 0. The molecule has 3 rings (SSSR count). The molecule has 168 valence electrons. The van der Waals surface area contributed by atoms with Gasteiger partial charge in [0.2, 0.25) is 0 Å². The molecule has 0 fully saturated rings. The summed E-state index contributed by atoms with van der Waals surface area (Å²) < 4.78 is 15.6. The summed E-state index contributed by atoms with van der Waals surface area (Å²) in [6.45, 7) is 3.40. The number of nitrogens with one attached hydrogen (secondary N) is 2. The van der Waals surface area contributed by atoms with E-state index in [-0.39, 0.29) is 22.7 Å². The number of nitro benzene ring substituents is 1. The van der Waals surface area contributed by atoms with Crippen molar-refractivity contribution in [1.29, 1.82) is 0 Å². The number of carbonyl (C=O) groups is 2. The first-order valence-electron chi connectivity index (χ1n) is 9.74. The van der Waals surface area contributed by atoms with Crippen LogP contribution in [0.4, 0.5) is 10.5 Å². The predicted molar refractivity (Wildman–Crippen MR) is 115 cm³/mol. The Kier molecular flexibility index (Phi) is 6.62. The van der Waals surface area contributed by atoms with Crippen molar-refractivity contribution >= 4 is 23.4 Å². The van der Waals surface area contributed by atoms with Crippen LogP contribution in [0.15, 0.2) is 48.0 Å². The Morgan fingerprint density at radius 2 is 1.78 bits per heavy atom. The number of hydrogen-bond acceptors (Lipinski definition) is 7. The van der Waals surface area contributed by atoms with E-state index in [0.29, 0.717) is 16.9 Å². The minimum Gasteiger partial charge on any atom is -0.497 e. The third-order valence-corrected chi connectivity index (χ3v) is 4.75. The van der Waals surface area contributed by atoms with Crippen LogP contribution in [0.3, 0.4) is 0 Å². The quantitative estimate of drug-likeness (QED) is 0.383. The highest BCUT2D eigenvalue weighted by Gasteiger charge is 2.36. The molecule has 1 atom stereocenters. The second-order valence-electron chi connectivity index (χ2n) is 7.19. The lowest BCUT2D eigenvalue weighted by Gasteiger charge is -2.30. The van der Waals surface area contributed by atoms with Crippen molar-refractivity contribution in [3.63, 3.8) is 0 Å². The van der Waals surface area contributed by atoms with Crippen LogP contribution in [0.5, 0.6) is 11.5 Å². The minimum absolute atomic E-state index is 0.0599. The van der Waals surface area contributed by atoms with Crippen molar-refractivity contribution in [3.05, 3.63) is 69.3 Å². The Labute approximate surface area is 184 Å². The highest BCUT2D eigenvalue weighted by molar-refractivity contribution is 6.04. The highest BCUT2D eigenvalue weighted by Crippen LogP contribution is 2.36. The van der Waals surface area contributed by atoms with E-state index < -0.39 is 29.1 Å². The molecule has 0 spiro atoms. The standard InChI is InChI=1S/C22H23N3O7/c1-12(2)32-21(26)18-19(13-5-8-15(30-3)9-6-13)23-22(27)24-20(18)14-7-10-17(31-4)16(11-14)25(28)29/h5-12,20H,1-4H3,(H2,23,24,27). The molecule has 2 aromatic carbocycles. The van der Waals surface area contributed by atoms with E-state index in [1.54, 1.807) is 44.2 Å². The van der Waals surface area contributed by atoms with Crippen molar-refractivity contribution < 1.29 is 28.7 Å². The number of rotatable bonds is 7. The Hall–Kier alpha value is -4.08. The van der Waals surface area contributed by atoms with E-state index in [1.807, 2.05) is 0 Å². The summed E-state index contributed by atoms with van der Waals surface area (Å²) in [5.41, 5.74) is 0.937. The molecule has 1 aliphatic heterocycles. The van der Waals surface area contributed by atoms with E-state index in [2.05, 4.69) is 10.6 Å². The van der Waals surface area contributed by atoms with Crippen molar-refractivity contribution in [2.75, 3.05) is 14.2 Å². The summed E-state index contributed by atoms with van der Waals surface area (Å²) in [7, 11) is 2.85. The zero-order valence-electron chi connectivity index (χ0n) is 18.0. The van der Waals surface area contributed by atoms with Crippen LogP contribution in [-0.4, -0.2) is 37.2 Å². The number of nitro groups is 1. The molecule has 1 aliphatic rings. The molecule has 0 bridgehead atoms. The fourth-order valence-corrected chi connectivity index (χ4v) is 3.33.